The molecule has 1 aromatic heterocycles. The van der Waals surface area contributed by atoms with E-state index < -0.39 is 0 Å². The molecule has 96 valence electrons. The molecule has 0 spiro atoms. The third-order valence-corrected chi connectivity index (χ3v) is 4.04. The highest BCUT2D eigenvalue weighted by Gasteiger charge is 2.06. The van der Waals surface area contributed by atoms with Gasteiger partial charge in [0.05, 0.1) is 5.69 Å². The summed E-state index contributed by atoms with van der Waals surface area (Å²) in [4.78, 5) is 5.95. The van der Waals surface area contributed by atoms with Crippen molar-refractivity contribution in [3.63, 3.8) is 0 Å². The van der Waals surface area contributed by atoms with Crippen molar-refractivity contribution in [1.82, 2.24) is 4.57 Å². The Balaban J connectivity index is 2.65. The largest absolute Gasteiger partial charge is 0.319 e. The molecule has 3 heteroatoms. The summed E-state index contributed by atoms with van der Waals surface area (Å²) in [5, 5.41) is 2.17. The smallest absolute Gasteiger partial charge is 0.190 e. The Labute approximate surface area is 113 Å². The van der Waals surface area contributed by atoms with Gasteiger partial charge in [-0.25, -0.2) is 4.99 Å². The molecular formula is C15H20N2S. The van der Waals surface area contributed by atoms with Crippen molar-refractivity contribution in [1.29, 1.82) is 0 Å². The molecule has 0 radical (unpaired) electrons. The van der Waals surface area contributed by atoms with Gasteiger partial charge in [-0.05, 0) is 45.7 Å². The van der Waals surface area contributed by atoms with Crippen molar-refractivity contribution in [3.8, 4) is 0 Å². The summed E-state index contributed by atoms with van der Waals surface area (Å²) in [6, 6.07) is 6.76. The van der Waals surface area contributed by atoms with Crippen LogP contribution >= 0.6 is 11.3 Å². The van der Waals surface area contributed by atoms with Gasteiger partial charge in [0, 0.05) is 17.1 Å². The van der Waals surface area contributed by atoms with E-state index in [2.05, 4.69) is 62.8 Å². The molecule has 2 nitrogen and oxygen atoms in total. The number of aromatic nitrogens is 1. The van der Waals surface area contributed by atoms with Gasteiger partial charge in [0.15, 0.2) is 4.80 Å². The number of rotatable bonds is 2. The zero-order valence-electron chi connectivity index (χ0n) is 11.7. The summed E-state index contributed by atoms with van der Waals surface area (Å²) < 4.78 is 2.29. The zero-order valence-corrected chi connectivity index (χ0v) is 12.5. The second kappa shape index (κ2) is 5.11. The molecule has 0 N–H and O–H groups in total. The SMILES string of the molecule is Cc1cccc(C)c1N=c1scc(C)n1C(C)C. The van der Waals surface area contributed by atoms with Gasteiger partial charge < -0.3 is 4.57 Å². The van der Waals surface area contributed by atoms with Crippen molar-refractivity contribution >= 4 is 17.0 Å². The number of nitrogens with zero attached hydrogens (tertiary/aromatic N) is 2. The third-order valence-electron chi connectivity index (χ3n) is 3.08. The topological polar surface area (TPSA) is 17.3 Å². The number of aryl methyl sites for hydroxylation is 3. The van der Waals surface area contributed by atoms with Crippen LogP contribution < -0.4 is 4.80 Å². The normalized spacial score (nSPS) is 12.4. The van der Waals surface area contributed by atoms with Crippen molar-refractivity contribution in [2.75, 3.05) is 0 Å². The van der Waals surface area contributed by atoms with Crippen LogP contribution in [0.5, 0.6) is 0 Å². The molecule has 1 aromatic carbocycles. The number of hydrogen-bond donors (Lipinski definition) is 0. The molecule has 0 aliphatic heterocycles. The van der Waals surface area contributed by atoms with Crippen LogP contribution in [0.15, 0.2) is 28.6 Å². The Kier molecular flexibility index (Phi) is 3.71. The van der Waals surface area contributed by atoms with Gasteiger partial charge in [0.1, 0.15) is 0 Å². The van der Waals surface area contributed by atoms with E-state index in [1.54, 1.807) is 11.3 Å². The second-order valence-electron chi connectivity index (χ2n) is 4.98. The average molecular weight is 260 g/mol. The summed E-state index contributed by atoms with van der Waals surface area (Å²) >= 11 is 1.71. The summed E-state index contributed by atoms with van der Waals surface area (Å²) in [6.07, 6.45) is 0. The summed E-state index contributed by atoms with van der Waals surface area (Å²) in [5.41, 5.74) is 4.85. The number of para-hydroxylation sites is 1. The predicted molar refractivity (Wildman–Crippen MR) is 78.6 cm³/mol. The van der Waals surface area contributed by atoms with E-state index in [1.807, 2.05) is 0 Å². The molecule has 0 atom stereocenters. The zero-order chi connectivity index (χ0) is 13.3. The van der Waals surface area contributed by atoms with E-state index in [1.165, 1.54) is 16.8 Å². The first-order valence-corrected chi connectivity index (χ1v) is 7.16. The molecule has 0 saturated carbocycles. The van der Waals surface area contributed by atoms with Gasteiger partial charge in [-0.1, -0.05) is 18.2 Å². The fourth-order valence-corrected chi connectivity index (χ4v) is 3.19. The lowest BCUT2D eigenvalue weighted by molar-refractivity contribution is 0.570. The standard InChI is InChI=1S/C15H20N2S/c1-10(2)17-13(5)9-18-15(17)16-14-11(3)7-6-8-12(14)4/h6-10H,1-5H3. The first kappa shape index (κ1) is 13.1. The minimum atomic E-state index is 0.444. The van der Waals surface area contributed by atoms with E-state index in [0.29, 0.717) is 6.04 Å². The van der Waals surface area contributed by atoms with Gasteiger partial charge in [-0.3, -0.25) is 0 Å². The molecular weight excluding hydrogens is 240 g/mol. The summed E-state index contributed by atoms with van der Waals surface area (Å²) in [7, 11) is 0. The van der Waals surface area contributed by atoms with Gasteiger partial charge in [-0.15, -0.1) is 11.3 Å². The Hall–Kier alpha value is -1.35. The van der Waals surface area contributed by atoms with E-state index in [9.17, 15) is 0 Å². The lowest BCUT2D eigenvalue weighted by Gasteiger charge is -2.10. The number of thiazole rings is 1. The van der Waals surface area contributed by atoms with Crippen LogP contribution in [0, 0.1) is 20.8 Å². The number of hydrogen-bond acceptors (Lipinski definition) is 2. The molecule has 2 aromatic rings. The summed E-state index contributed by atoms with van der Waals surface area (Å²) in [5.74, 6) is 0. The predicted octanol–water partition coefficient (Wildman–Crippen LogP) is 4.29. The van der Waals surface area contributed by atoms with Crippen LogP contribution in [0.4, 0.5) is 5.69 Å². The third kappa shape index (κ3) is 2.41. The Morgan fingerprint density at radius 1 is 1.11 bits per heavy atom. The maximum Gasteiger partial charge on any atom is 0.190 e. The van der Waals surface area contributed by atoms with Crippen LogP contribution in [0.1, 0.15) is 36.7 Å². The van der Waals surface area contributed by atoms with Gasteiger partial charge in [-0.2, -0.15) is 0 Å². The maximum absolute atomic E-state index is 4.86. The minimum absolute atomic E-state index is 0.444. The van der Waals surface area contributed by atoms with Gasteiger partial charge in [0.25, 0.3) is 0 Å². The summed E-state index contributed by atoms with van der Waals surface area (Å²) in [6.45, 7) is 10.8. The molecule has 0 amide bonds. The molecule has 0 aliphatic rings. The lowest BCUT2D eigenvalue weighted by atomic mass is 10.1. The monoisotopic (exact) mass is 260 g/mol. The van der Waals surface area contributed by atoms with Crippen LogP contribution in [0.2, 0.25) is 0 Å². The minimum Gasteiger partial charge on any atom is -0.319 e. The van der Waals surface area contributed by atoms with Crippen LogP contribution in [0.3, 0.4) is 0 Å². The molecule has 0 unspecified atom stereocenters. The first-order valence-electron chi connectivity index (χ1n) is 6.28. The van der Waals surface area contributed by atoms with Crippen LogP contribution in [0.25, 0.3) is 0 Å². The highest BCUT2D eigenvalue weighted by molar-refractivity contribution is 7.07. The Morgan fingerprint density at radius 3 is 2.28 bits per heavy atom. The number of benzene rings is 1. The van der Waals surface area contributed by atoms with Crippen molar-refractivity contribution in [3.05, 3.63) is 45.2 Å². The quantitative estimate of drug-likeness (QED) is 0.766. The van der Waals surface area contributed by atoms with Crippen molar-refractivity contribution in [2.45, 2.75) is 40.7 Å². The molecule has 0 aliphatic carbocycles. The Bertz CT molecular complexity index is 597. The van der Waals surface area contributed by atoms with Crippen LogP contribution in [-0.2, 0) is 0 Å². The molecule has 1 heterocycles. The van der Waals surface area contributed by atoms with Crippen molar-refractivity contribution < 1.29 is 0 Å². The highest BCUT2D eigenvalue weighted by atomic mass is 32.1. The van der Waals surface area contributed by atoms with E-state index in [-0.39, 0.29) is 0 Å². The highest BCUT2D eigenvalue weighted by Crippen LogP contribution is 2.22. The lowest BCUT2D eigenvalue weighted by Crippen LogP contribution is -2.18. The van der Waals surface area contributed by atoms with Crippen LogP contribution in [-0.4, -0.2) is 4.57 Å². The first-order chi connectivity index (χ1) is 8.50. The van der Waals surface area contributed by atoms with E-state index in [0.717, 1.165) is 10.5 Å². The fraction of sp³-hybridized carbons (Fsp3) is 0.400. The van der Waals surface area contributed by atoms with Gasteiger partial charge in [0.2, 0.25) is 0 Å². The molecule has 0 saturated heterocycles. The molecule has 0 bridgehead atoms. The van der Waals surface area contributed by atoms with E-state index in [4.69, 9.17) is 4.99 Å². The molecule has 18 heavy (non-hydrogen) atoms. The average Bonchev–Trinajstić information content (AvgIpc) is 2.65. The van der Waals surface area contributed by atoms with Gasteiger partial charge >= 0.3 is 0 Å². The van der Waals surface area contributed by atoms with E-state index >= 15 is 0 Å². The second-order valence-corrected chi connectivity index (χ2v) is 5.81. The van der Waals surface area contributed by atoms with Crippen molar-refractivity contribution in [2.24, 2.45) is 4.99 Å². The molecule has 2 rings (SSSR count). The Morgan fingerprint density at radius 2 is 1.72 bits per heavy atom. The fourth-order valence-electron chi connectivity index (χ4n) is 2.19. The molecule has 0 fully saturated rings. The maximum atomic E-state index is 4.86.